The molecule has 4 heteroatoms. The molecule has 0 radical (unpaired) electrons. The van der Waals surface area contributed by atoms with Gasteiger partial charge in [0, 0.05) is 23.7 Å². The highest BCUT2D eigenvalue weighted by molar-refractivity contribution is 6.30. The molecule has 1 aromatic rings. The van der Waals surface area contributed by atoms with E-state index in [1.165, 1.54) is 0 Å². The van der Waals surface area contributed by atoms with Crippen LogP contribution in [0.1, 0.15) is 22.3 Å². The Morgan fingerprint density at radius 3 is 2.95 bits per heavy atom. The summed E-state index contributed by atoms with van der Waals surface area (Å²) in [5.74, 6) is 1.54. The Morgan fingerprint density at radius 1 is 1.37 bits per heavy atom. The Bertz CT molecular complexity index is 503. The summed E-state index contributed by atoms with van der Waals surface area (Å²) < 4.78 is 0. The van der Waals surface area contributed by atoms with E-state index >= 15 is 0 Å². The number of rotatable bonds is 1. The predicted octanol–water partition coefficient (Wildman–Crippen LogP) is 2.33. The Balaban J connectivity index is 1.76. The van der Waals surface area contributed by atoms with Gasteiger partial charge in [-0.05, 0) is 62.0 Å². The van der Waals surface area contributed by atoms with Crippen LogP contribution < -0.4 is 5.32 Å². The normalized spacial score (nSPS) is 26.3. The van der Waals surface area contributed by atoms with Crippen molar-refractivity contribution in [3.8, 4) is 0 Å². The van der Waals surface area contributed by atoms with Crippen LogP contribution in [-0.4, -0.2) is 37.0 Å². The molecular weight excluding hydrogens is 260 g/mol. The molecule has 1 amide bonds. The fourth-order valence-electron chi connectivity index (χ4n) is 3.26. The van der Waals surface area contributed by atoms with E-state index in [0.29, 0.717) is 10.9 Å². The van der Waals surface area contributed by atoms with E-state index in [9.17, 15) is 4.79 Å². The zero-order valence-corrected chi connectivity index (χ0v) is 11.9. The van der Waals surface area contributed by atoms with Gasteiger partial charge >= 0.3 is 0 Å². The summed E-state index contributed by atoms with van der Waals surface area (Å²) in [5, 5.41) is 4.11. The van der Waals surface area contributed by atoms with Gasteiger partial charge in [0.1, 0.15) is 0 Å². The second-order valence-electron chi connectivity index (χ2n) is 5.68. The van der Waals surface area contributed by atoms with Crippen LogP contribution in [0.25, 0.3) is 0 Å². The van der Waals surface area contributed by atoms with E-state index < -0.39 is 0 Å². The van der Waals surface area contributed by atoms with Crippen molar-refractivity contribution >= 4 is 17.5 Å². The van der Waals surface area contributed by atoms with Crippen molar-refractivity contribution in [3.63, 3.8) is 0 Å². The maximum atomic E-state index is 12.6. The van der Waals surface area contributed by atoms with Gasteiger partial charge in [0.25, 0.3) is 5.91 Å². The number of nitrogens with one attached hydrogen (secondary N) is 1. The molecule has 2 aliphatic heterocycles. The molecule has 0 aromatic heterocycles. The van der Waals surface area contributed by atoms with Gasteiger partial charge in [0.2, 0.25) is 0 Å². The molecule has 3 nitrogen and oxygen atoms in total. The highest BCUT2D eigenvalue weighted by atomic mass is 35.5. The standard InChI is InChI=1S/C15H19ClN2O/c1-10-6-13(16)2-3-14(10)15(19)18-5-4-11-7-17-8-12(11)9-18/h2-3,6,11-12,17H,4-5,7-9H2,1H3. The minimum Gasteiger partial charge on any atom is -0.338 e. The molecule has 0 saturated carbocycles. The van der Waals surface area contributed by atoms with Gasteiger partial charge in [-0.15, -0.1) is 0 Å². The number of amides is 1. The predicted molar refractivity (Wildman–Crippen MR) is 76.6 cm³/mol. The van der Waals surface area contributed by atoms with E-state index in [2.05, 4.69) is 5.32 Å². The van der Waals surface area contributed by atoms with E-state index in [4.69, 9.17) is 11.6 Å². The first-order valence-electron chi connectivity index (χ1n) is 6.91. The third-order valence-corrected chi connectivity index (χ3v) is 4.65. The smallest absolute Gasteiger partial charge is 0.254 e. The van der Waals surface area contributed by atoms with Crippen LogP contribution in [0.5, 0.6) is 0 Å². The second kappa shape index (κ2) is 5.14. The molecule has 2 heterocycles. The lowest BCUT2D eigenvalue weighted by molar-refractivity contribution is 0.0642. The highest BCUT2D eigenvalue weighted by Gasteiger charge is 2.34. The number of aryl methyl sites for hydroxylation is 1. The quantitative estimate of drug-likeness (QED) is 0.855. The fraction of sp³-hybridized carbons (Fsp3) is 0.533. The number of hydrogen-bond acceptors (Lipinski definition) is 2. The number of hydrogen-bond donors (Lipinski definition) is 1. The average Bonchev–Trinajstić information content (AvgIpc) is 2.85. The van der Waals surface area contributed by atoms with Crippen molar-refractivity contribution in [2.45, 2.75) is 13.3 Å². The van der Waals surface area contributed by atoms with Gasteiger partial charge in [-0.3, -0.25) is 4.79 Å². The number of fused-ring (bicyclic) bond motifs is 1. The lowest BCUT2D eigenvalue weighted by atomic mass is 9.88. The Kier molecular flexibility index (Phi) is 3.50. The minimum absolute atomic E-state index is 0.152. The molecule has 2 fully saturated rings. The zero-order valence-electron chi connectivity index (χ0n) is 11.2. The van der Waals surface area contributed by atoms with Crippen LogP contribution in [0, 0.1) is 18.8 Å². The Morgan fingerprint density at radius 2 is 2.16 bits per heavy atom. The third kappa shape index (κ3) is 2.49. The monoisotopic (exact) mass is 278 g/mol. The molecule has 2 saturated heterocycles. The molecule has 2 aliphatic rings. The van der Waals surface area contributed by atoms with Crippen molar-refractivity contribution in [1.82, 2.24) is 10.2 Å². The van der Waals surface area contributed by atoms with Crippen molar-refractivity contribution in [3.05, 3.63) is 34.3 Å². The van der Waals surface area contributed by atoms with Crippen molar-refractivity contribution < 1.29 is 4.79 Å². The molecular formula is C15H19ClN2O. The molecule has 3 rings (SSSR count). The zero-order chi connectivity index (χ0) is 13.4. The number of halogens is 1. The summed E-state index contributed by atoms with van der Waals surface area (Å²) >= 11 is 5.95. The first-order valence-corrected chi connectivity index (χ1v) is 7.29. The summed E-state index contributed by atoms with van der Waals surface area (Å²) in [6.07, 6.45) is 1.12. The number of piperidine rings is 1. The first-order chi connectivity index (χ1) is 9.15. The first kappa shape index (κ1) is 12.9. The van der Waals surface area contributed by atoms with Crippen LogP contribution >= 0.6 is 11.6 Å². The molecule has 0 aliphatic carbocycles. The number of carbonyl (C=O) groups excluding carboxylic acids is 1. The molecule has 2 unspecified atom stereocenters. The van der Waals surface area contributed by atoms with Crippen LogP contribution in [0.4, 0.5) is 0 Å². The van der Waals surface area contributed by atoms with Crippen molar-refractivity contribution in [1.29, 1.82) is 0 Å². The lowest BCUT2D eigenvalue weighted by Crippen LogP contribution is -2.43. The van der Waals surface area contributed by atoms with Crippen LogP contribution in [-0.2, 0) is 0 Å². The van der Waals surface area contributed by atoms with Crippen molar-refractivity contribution in [2.24, 2.45) is 11.8 Å². The summed E-state index contributed by atoms with van der Waals surface area (Å²) in [4.78, 5) is 14.6. The van der Waals surface area contributed by atoms with E-state index in [-0.39, 0.29) is 5.91 Å². The van der Waals surface area contributed by atoms with E-state index in [1.807, 2.05) is 24.0 Å². The molecule has 102 valence electrons. The molecule has 0 spiro atoms. The fourth-order valence-corrected chi connectivity index (χ4v) is 3.48. The van der Waals surface area contributed by atoms with Gasteiger partial charge in [-0.25, -0.2) is 0 Å². The summed E-state index contributed by atoms with van der Waals surface area (Å²) in [6.45, 7) is 5.88. The average molecular weight is 279 g/mol. The van der Waals surface area contributed by atoms with Gasteiger partial charge in [0.05, 0.1) is 0 Å². The van der Waals surface area contributed by atoms with Crippen LogP contribution in [0.3, 0.4) is 0 Å². The van der Waals surface area contributed by atoms with Crippen LogP contribution in [0.2, 0.25) is 5.02 Å². The van der Waals surface area contributed by atoms with Crippen LogP contribution in [0.15, 0.2) is 18.2 Å². The lowest BCUT2D eigenvalue weighted by Gasteiger charge is -2.34. The van der Waals surface area contributed by atoms with Crippen molar-refractivity contribution in [2.75, 3.05) is 26.2 Å². The van der Waals surface area contributed by atoms with E-state index in [1.54, 1.807) is 6.07 Å². The summed E-state index contributed by atoms with van der Waals surface area (Å²) in [6, 6.07) is 5.50. The SMILES string of the molecule is Cc1cc(Cl)ccc1C(=O)N1CCC2CNCC2C1. The third-order valence-electron chi connectivity index (χ3n) is 4.41. The second-order valence-corrected chi connectivity index (χ2v) is 6.11. The summed E-state index contributed by atoms with van der Waals surface area (Å²) in [7, 11) is 0. The largest absolute Gasteiger partial charge is 0.338 e. The molecule has 0 bridgehead atoms. The number of likely N-dealkylation sites (tertiary alicyclic amines) is 1. The highest BCUT2D eigenvalue weighted by Crippen LogP contribution is 2.28. The number of benzene rings is 1. The maximum Gasteiger partial charge on any atom is 0.254 e. The number of nitrogens with zero attached hydrogens (tertiary/aromatic N) is 1. The molecule has 1 N–H and O–H groups in total. The van der Waals surface area contributed by atoms with Gasteiger partial charge in [-0.2, -0.15) is 0 Å². The molecule has 2 atom stereocenters. The van der Waals surface area contributed by atoms with Gasteiger partial charge in [0.15, 0.2) is 0 Å². The maximum absolute atomic E-state index is 12.6. The Hall–Kier alpha value is -1.06. The van der Waals surface area contributed by atoms with Gasteiger partial charge < -0.3 is 10.2 Å². The number of carbonyl (C=O) groups is 1. The molecule has 19 heavy (non-hydrogen) atoms. The van der Waals surface area contributed by atoms with E-state index in [0.717, 1.165) is 49.6 Å². The minimum atomic E-state index is 0.152. The Labute approximate surface area is 118 Å². The topological polar surface area (TPSA) is 32.3 Å². The molecule has 1 aromatic carbocycles. The summed E-state index contributed by atoms with van der Waals surface area (Å²) in [5.41, 5.74) is 1.75. The van der Waals surface area contributed by atoms with Gasteiger partial charge in [-0.1, -0.05) is 11.6 Å².